The Bertz CT molecular complexity index is 572. The Balaban J connectivity index is 2.08. The minimum absolute atomic E-state index is 0.240. The molecule has 19 heavy (non-hydrogen) atoms. The van der Waals surface area contributed by atoms with Crippen molar-refractivity contribution in [3.05, 3.63) is 45.7 Å². The largest absolute Gasteiger partial charge is 0.437 e. The summed E-state index contributed by atoms with van der Waals surface area (Å²) in [5.41, 5.74) is 0.275. The van der Waals surface area contributed by atoms with Crippen LogP contribution in [0.3, 0.4) is 0 Å². The molecule has 0 fully saturated rings. The van der Waals surface area contributed by atoms with Gasteiger partial charge in [0.25, 0.3) is 5.91 Å². The van der Waals surface area contributed by atoms with Gasteiger partial charge in [-0.05, 0) is 53.8 Å². The van der Waals surface area contributed by atoms with Gasteiger partial charge in [0.15, 0.2) is 5.69 Å². The molecule has 98 valence electrons. The van der Waals surface area contributed by atoms with E-state index < -0.39 is 0 Å². The Kier molecular flexibility index (Phi) is 4.67. The van der Waals surface area contributed by atoms with Gasteiger partial charge >= 0.3 is 0 Å². The second kappa shape index (κ2) is 6.46. The normalized spacial score (nSPS) is 10.0. The van der Waals surface area contributed by atoms with Gasteiger partial charge in [-0.3, -0.25) is 4.79 Å². The van der Waals surface area contributed by atoms with Crippen LogP contribution in [0.5, 0.6) is 11.6 Å². The first-order valence-corrected chi connectivity index (χ1v) is 6.82. The molecule has 2 aromatic rings. The monoisotopic (exact) mass is 369 g/mol. The van der Waals surface area contributed by atoms with E-state index in [0.717, 1.165) is 3.57 Å². The van der Waals surface area contributed by atoms with Crippen molar-refractivity contribution in [2.24, 2.45) is 0 Å². The molecule has 0 saturated heterocycles. The molecule has 1 aromatic heterocycles. The number of halogens is 1. The SMILES string of the molecule is CCNC(=O)c1ccc(Oc2cccc(I)c2)nn1. The highest BCUT2D eigenvalue weighted by Crippen LogP contribution is 2.20. The molecule has 0 atom stereocenters. The van der Waals surface area contributed by atoms with E-state index >= 15 is 0 Å². The molecule has 0 radical (unpaired) electrons. The molecule has 1 amide bonds. The maximum atomic E-state index is 11.5. The Morgan fingerprint density at radius 3 is 2.79 bits per heavy atom. The smallest absolute Gasteiger partial charge is 0.271 e. The average molecular weight is 369 g/mol. The molecule has 0 aliphatic rings. The lowest BCUT2D eigenvalue weighted by Crippen LogP contribution is -2.23. The molecule has 5 nitrogen and oxygen atoms in total. The number of benzene rings is 1. The maximum absolute atomic E-state index is 11.5. The molecule has 2 rings (SSSR count). The summed E-state index contributed by atoms with van der Waals surface area (Å²) < 4.78 is 6.62. The van der Waals surface area contributed by atoms with Crippen LogP contribution in [-0.4, -0.2) is 22.6 Å². The molecule has 0 saturated carbocycles. The van der Waals surface area contributed by atoms with Crippen LogP contribution >= 0.6 is 22.6 Å². The second-order valence-corrected chi connectivity index (χ2v) is 4.92. The van der Waals surface area contributed by atoms with Gasteiger partial charge in [-0.1, -0.05) is 6.07 Å². The number of aromatic nitrogens is 2. The van der Waals surface area contributed by atoms with E-state index in [1.54, 1.807) is 12.1 Å². The van der Waals surface area contributed by atoms with Crippen LogP contribution in [-0.2, 0) is 0 Å². The third-order valence-corrected chi connectivity index (χ3v) is 2.90. The van der Waals surface area contributed by atoms with E-state index in [9.17, 15) is 4.79 Å². The van der Waals surface area contributed by atoms with Crippen LogP contribution in [0, 0.1) is 3.57 Å². The van der Waals surface area contributed by atoms with Crippen molar-refractivity contribution >= 4 is 28.5 Å². The molecular formula is C13H12IN3O2. The fourth-order valence-corrected chi connectivity index (χ4v) is 1.91. The van der Waals surface area contributed by atoms with E-state index in [2.05, 4.69) is 38.1 Å². The highest BCUT2D eigenvalue weighted by Gasteiger charge is 2.07. The predicted octanol–water partition coefficient (Wildman–Crippen LogP) is 2.62. The lowest BCUT2D eigenvalue weighted by molar-refractivity contribution is 0.0949. The Morgan fingerprint density at radius 1 is 1.32 bits per heavy atom. The highest BCUT2D eigenvalue weighted by atomic mass is 127. The second-order valence-electron chi connectivity index (χ2n) is 3.68. The third kappa shape index (κ3) is 3.88. The van der Waals surface area contributed by atoms with Crippen LogP contribution in [0.15, 0.2) is 36.4 Å². The number of ether oxygens (including phenoxy) is 1. The summed E-state index contributed by atoms with van der Waals surface area (Å²) >= 11 is 2.20. The molecule has 1 heterocycles. The zero-order valence-corrected chi connectivity index (χ0v) is 12.4. The lowest BCUT2D eigenvalue weighted by atomic mass is 10.3. The summed E-state index contributed by atoms with van der Waals surface area (Å²) in [6.07, 6.45) is 0. The van der Waals surface area contributed by atoms with E-state index in [4.69, 9.17) is 4.74 Å². The zero-order valence-electron chi connectivity index (χ0n) is 10.3. The summed E-state index contributed by atoms with van der Waals surface area (Å²) in [5.74, 6) is 0.804. The van der Waals surface area contributed by atoms with Crippen LogP contribution in [0.1, 0.15) is 17.4 Å². The van der Waals surface area contributed by atoms with Crippen molar-refractivity contribution in [2.75, 3.05) is 6.54 Å². The van der Waals surface area contributed by atoms with Crippen molar-refractivity contribution in [3.63, 3.8) is 0 Å². The highest BCUT2D eigenvalue weighted by molar-refractivity contribution is 14.1. The van der Waals surface area contributed by atoms with Crippen LogP contribution in [0.2, 0.25) is 0 Å². The standard InChI is InChI=1S/C13H12IN3O2/c1-2-15-13(18)11-6-7-12(17-16-11)19-10-5-3-4-9(14)8-10/h3-8H,2H2,1H3,(H,15,18). The van der Waals surface area contributed by atoms with Gasteiger partial charge < -0.3 is 10.1 Å². The summed E-state index contributed by atoms with van der Waals surface area (Å²) in [7, 11) is 0. The summed E-state index contributed by atoms with van der Waals surface area (Å²) in [6.45, 7) is 2.40. The van der Waals surface area contributed by atoms with Gasteiger partial charge in [0, 0.05) is 16.2 Å². The first kappa shape index (κ1) is 13.7. The number of hydrogen-bond donors (Lipinski definition) is 1. The van der Waals surface area contributed by atoms with Crippen LogP contribution in [0.4, 0.5) is 0 Å². The minimum Gasteiger partial charge on any atom is -0.437 e. The van der Waals surface area contributed by atoms with Crippen LogP contribution < -0.4 is 10.1 Å². The summed E-state index contributed by atoms with van der Waals surface area (Å²) in [4.78, 5) is 11.5. The van der Waals surface area contributed by atoms with E-state index in [-0.39, 0.29) is 11.6 Å². The van der Waals surface area contributed by atoms with Crippen molar-refractivity contribution in [2.45, 2.75) is 6.92 Å². The van der Waals surface area contributed by atoms with Crippen LogP contribution in [0.25, 0.3) is 0 Å². The van der Waals surface area contributed by atoms with Gasteiger partial charge in [0.1, 0.15) is 5.75 Å². The lowest BCUT2D eigenvalue weighted by Gasteiger charge is -2.05. The fraction of sp³-hybridized carbons (Fsp3) is 0.154. The number of hydrogen-bond acceptors (Lipinski definition) is 4. The number of carbonyl (C=O) groups excluding carboxylic acids is 1. The molecule has 6 heteroatoms. The zero-order chi connectivity index (χ0) is 13.7. The molecular weight excluding hydrogens is 357 g/mol. The molecule has 1 aromatic carbocycles. The Morgan fingerprint density at radius 2 is 2.16 bits per heavy atom. The number of nitrogens with zero attached hydrogens (tertiary/aromatic N) is 2. The maximum Gasteiger partial charge on any atom is 0.271 e. The topological polar surface area (TPSA) is 64.1 Å². The fourth-order valence-electron chi connectivity index (χ4n) is 1.40. The number of amides is 1. The molecule has 0 spiro atoms. The first-order chi connectivity index (χ1) is 9.19. The molecule has 0 aliphatic heterocycles. The Hall–Kier alpha value is -1.70. The average Bonchev–Trinajstić information content (AvgIpc) is 2.40. The molecule has 0 unspecified atom stereocenters. The number of carbonyl (C=O) groups is 1. The third-order valence-electron chi connectivity index (χ3n) is 2.23. The van der Waals surface area contributed by atoms with Crippen molar-refractivity contribution < 1.29 is 9.53 Å². The summed E-state index contributed by atoms with van der Waals surface area (Å²) in [6, 6.07) is 10.8. The number of rotatable bonds is 4. The molecule has 0 aliphatic carbocycles. The van der Waals surface area contributed by atoms with E-state index in [1.807, 2.05) is 31.2 Å². The minimum atomic E-state index is -0.240. The molecule has 0 bridgehead atoms. The van der Waals surface area contributed by atoms with E-state index in [0.29, 0.717) is 18.2 Å². The van der Waals surface area contributed by atoms with Gasteiger partial charge in [0.05, 0.1) is 0 Å². The van der Waals surface area contributed by atoms with E-state index in [1.165, 1.54) is 0 Å². The number of nitrogens with one attached hydrogen (secondary N) is 1. The molecule has 1 N–H and O–H groups in total. The van der Waals surface area contributed by atoms with Gasteiger partial charge in [-0.25, -0.2) is 0 Å². The van der Waals surface area contributed by atoms with Gasteiger partial charge in [-0.2, -0.15) is 0 Å². The van der Waals surface area contributed by atoms with Crippen molar-refractivity contribution in [3.8, 4) is 11.6 Å². The van der Waals surface area contributed by atoms with Gasteiger partial charge in [0.2, 0.25) is 5.88 Å². The predicted molar refractivity (Wildman–Crippen MR) is 79.3 cm³/mol. The van der Waals surface area contributed by atoms with Gasteiger partial charge in [-0.15, -0.1) is 10.2 Å². The quantitative estimate of drug-likeness (QED) is 0.842. The van der Waals surface area contributed by atoms with Crippen molar-refractivity contribution in [1.29, 1.82) is 0 Å². The Labute approximate surface area is 124 Å². The van der Waals surface area contributed by atoms with Crippen molar-refractivity contribution in [1.82, 2.24) is 15.5 Å². The summed E-state index contributed by atoms with van der Waals surface area (Å²) in [5, 5.41) is 10.4. The first-order valence-electron chi connectivity index (χ1n) is 5.74.